The highest BCUT2D eigenvalue weighted by Gasteiger charge is 2.25. The molecule has 1 saturated heterocycles. The molecule has 2 aromatic carbocycles. The van der Waals surface area contributed by atoms with Gasteiger partial charge in [-0.15, -0.1) is 0 Å². The van der Waals surface area contributed by atoms with Crippen molar-refractivity contribution >= 4 is 11.7 Å². The van der Waals surface area contributed by atoms with Crippen LogP contribution in [0.25, 0.3) is 11.1 Å². The van der Waals surface area contributed by atoms with Gasteiger partial charge >= 0.3 is 6.03 Å². The van der Waals surface area contributed by atoms with Gasteiger partial charge in [-0.2, -0.15) is 0 Å². The van der Waals surface area contributed by atoms with Gasteiger partial charge in [-0.1, -0.05) is 42.5 Å². The van der Waals surface area contributed by atoms with Crippen molar-refractivity contribution in [3.8, 4) is 11.1 Å². The van der Waals surface area contributed by atoms with Crippen molar-refractivity contribution in [1.82, 2.24) is 4.90 Å². The fourth-order valence-electron chi connectivity index (χ4n) is 3.01. The Hall–Kier alpha value is -2.33. The fraction of sp³-hybridized carbons (Fsp3) is 0.316. The lowest BCUT2D eigenvalue weighted by molar-refractivity contribution is 0.217. The number of benzene rings is 2. The molecule has 2 amide bonds. The summed E-state index contributed by atoms with van der Waals surface area (Å²) >= 11 is 0. The summed E-state index contributed by atoms with van der Waals surface area (Å²) < 4.78 is 0. The van der Waals surface area contributed by atoms with E-state index in [1.165, 1.54) is 0 Å². The molecule has 0 aliphatic carbocycles. The largest absolute Gasteiger partial charge is 0.396 e. The summed E-state index contributed by atoms with van der Waals surface area (Å²) in [5.41, 5.74) is 3.10. The summed E-state index contributed by atoms with van der Waals surface area (Å²) in [4.78, 5) is 14.1. The van der Waals surface area contributed by atoms with E-state index in [9.17, 15) is 4.79 Å². The zero-order chi connectivity index (χ0) is 16.1. The monoisotopic (exact) mass is 310 g/mol. The number of aliphatic hydroxyl groups excluding tert-OH is 1. The average molecular weight is 310 g/mol. The average Bonchev–Trinajstić information content (AvgIpc) is 3.06. The lowest BCUT2D eigenvalue weighted by atomic mass is 10.1. The molecule has 4 nitrogen and oxygen atoms in total. The number of nitrogens with one attached hydrogen (secondary N) is 1. The summed E-state index contributed by atoms with van der Waals surface area (Å²) in [5, 5.41) is 11.9. The molecular formula is C19H22N2O2. The number of anilines is 1. The first kappa shape index (κ1) is 15.6. The van der Waals surface area contributed by atoms with Gasteiger partial charge in [0.1, 0.15) is 0 Å². The zero-order valence-corrected chi connectivity index (χ0v) is 13.1. The molecule has 1 fully saturated rings. The molecule has 1 atom stereocenters. The maximum absolute atomic E-state index is 12.3. The van der Waals surface area contributed by atoms with Crippen molar-refractivity contribution in [2.45, 2.75) is 12.8 Å². The zero-order valence-electron chi connectivity index (χ0n) is 13.1. The summed E-state index contributed by atoms with van der Waals surface area (Å²) in [6.07, 6.45) is 1.75. The SMILES string of the molecule is O=C(Nc1ccc(-c2ccccc2)cc1)N1CC[C@@H](CCO)C1. The fourth-order valence-corrected chi connectivity index (χ4v) is 3.01. The van der Waals surface area contributed by atoms with E-state index < -0.39 is 0 Å². The molecule has 1 aliphatic heterocycles. The van der Waals surface area contributed by atoms with Gasteiger partial charge in [0.05, 0.1) is 0 Å². The number of likely N-dealkylation sites (tertiary alicyclic amines) is 1. The predicted octanol–water partition coefficient (Wildman–Crippen LogP) is 3.59. The van der Waals surface area contributed by atoms with Crippen molar-refractivity contribution in [2.24, 2.45) is 5.92 Å². The third kappa shape index (κ3) is 3.90. The second-order valence-electron chi connectivity index (χ2n) is 5.99. The van der Waals surface area contributed by atoms with Crippen molar-refractivity contribution in [3.05, 3.63) is 54.6 Å². The molecule has 0 saturated carbocycles. The number of amides is 2. The van der Waals surface area contributed by atoms with Crippen LogP contribution < -0.4 is 5.32 Å². The Morgan fingerprint density at radius 3 is 2.48 bits per heavy atom. The first-order valence-corrected chi connectivity index (χ1v) is 8.08. The van der Waals surface area contributed by atoms with Crippen LogP contribution in [0, 0.1) is 5.92 Å². The normalized spacial score (nSPS) is 17.3. The van der Waals surface area contributed by atoms with Gasteiger partial charge in [0.2, 0.25) is 0 Å². The van der Waals surface area contributed by atoms with Crippen LogP contribution in [0.15, 0.2) is 54.6 Å². The van der Waals surface area contributed by atoms with Crippen LogP contribution >= 0.6 is 0 Å². The van der Waals surface area contributed by atoms with Crippen molar-refractivity contribution in [2.75, 3.05) is 25.0 Å². The van der Waals surface area contributed by atoms with Gasteiger partial charge in [0.15, 0.2) is 0 Å². The van der Waals surface area contributed by atoms with E-state index >= 15 is 0 Å². The molecule has 0 bridgehead atoms. The minimum absolute atomic E-state index is 0.0575. The van der Waals surface area contributed by atoms with E-state index in [0.29, 0.717) is 5.92 Å². The summed E-state index contributed by atoms with van der Waals surface area (Å²) in [7, 11) is 0. The molecule has 1 aliphatic rings. The minimum atomic E-state index is -0.0575. The Balaban J connectivity index is 1.59. The molecule has 23 heavy (non-hydrogen) atoms. The van der Waals surface area contributed by atoms with Crippen LogP contribution in [0.2, 0.25) is 0 Å². The third-order valence-corrected chi connectivity index (χ3v) is 4.35. The Labute approximate surface area is 136 Å². The van der Waals surface area contributed by atoms with Crippen LogP contribution in [-0.2, 0) is 0 Å². The van der Waals surface area contributed by atoms with Crippen LogP contribution in [0.4, 0.5) is 10.5 Å². The lowest BCUT2D eigenvalue weighted by Gasteiger charge is -2.17. The Morgan fingerprint density at radius 1 is 1.09 bits per heavy atom. The number of rotatable bonds is 4. The van der Waals surface area contributed by atoms with E-state index in [2.05, 4.69) is 17.4 Å². The van der Waals surface area contributed by atoms with Gasteiger partial charge in [0, 0.05) is 25.4 Å². The molecule has 1 heterocycles. The maximum atomic E-state index is 12.3. The van der Waals surface area contributed by atoms with Crippen molar-refractivity contribution < 1.29 is 9.90 Å². The van der Waals surface area contributed by atoms with Gasteiger partial charge < -0.3 is 15.3 Å². The molecule has 0 unspecified atom stereocenters. The lowest BCUT2D eigenvalue weighted by Crippen LogP contribution is -2.33. The van der Waals surface area contributed by atoms with E-state index in [0.717, 1.165) is 42.7 Å². The number of nitrogens with zero attached hydrogens (tertiary/aromatic N) is 1. The molecule has 120 valence electrons. The summed E-state index contributed by atoms with van der Waals surface area (Å²) in [6.45, 7) is 1.69. The summed E-state index contributed by atoms with van der Waals surface area (Å²) in [5.74, 6) is 0.422. The van der Waals surface area contributed by atoms with E-state index in [1.807, 2.05) is 47.4 Å². The molecule has 2 aromatic rings. The molecule has 3 rings (SSSR count). The quantitative estimate of drug-likeness (QED) is 0.906. The number of carbonyl (C=O) groups excluding carboxylic acids is 1. The maximum Gasteiger partial charge on any atom is 0.321 e. The highest BCUT2D eigenvalue weighted by atomic mass is 16.3. The van der Waals surface area contributed by atoms with Crippen LogP contribution in [0.5, 0.6) is 0 Å². The molecule has 0 aromatic heterocycles. The standard InChI is InChI=1S/C19H22N2O2/c22-13-11-15-10-12-21(14-15)19(23)20-18-8-6-17(7-9-18)16-4-2-1-3-5-16/h1-9,15,22H,10-14H2,(H,20,23)/t15-/m0/s1. The molecule has 0 radical (unpaired) electrons. The number of carbonyl (C=O) groups is 1. The number of hydrogen-bond donors (Lipinski definition) is 2. The van der Waals surface area contributed by atoms with E-state index in [1.54, 1.807) is 0 Å². The van der Waals surface area contributed by atoms with Crippen molar-refractivity contribution in [1.29, 1.82) is 0 Å². The van der Waals surface area contributed by atoms with Gasteiger partial charge in [-0.3, -0.25) is 0 Å². The Kier molecular flexibility index (Phi) is 4.93. The van der Waals surface area contributed by atoms with Crippen LogP contribution in [-0.4, -0.2) is 35.7 Å². The number of aliphatic hydroxyl groups is 1. The molecule has 2 N–H and O–H groups in total. The van der Waals surface area contributed by atoms with E-state index in [-0.39, 0.29) is 12.6 Å². The molecule has 0 spiro atoms. The first-order valence-electron chi connectivity index (χ1n) is 8.08. The number of hydrogen-bond acceptors (Lipinski definition) is 2. The highest BCUT2D eigenvalue weighted by molar-refractivity contribution is 5.89. The summed E-state index contributed by atoms with van der Waals surface area (Å²) in [6, 6.07) is 18.0. The smallest absolute Gasteiger partial charge is 0.321 e. The van der Waals surface area contributed by atoms with Gasteiger partial charge in [0.25, 0.3) is 0 Å². The van der Waals surface area contributed by atoms with Crippen LogP contribution in [0.3, 0.4) is 0 Å². The third-order valence-electron chi connectivity index (χ3n) is 4.35. The molecular weight excluding hydrogens is 288 g/mol. The molecule has 4 heteroatoms. The van der Waals surface area contributed by atoms with Crippen LogP contribution in [0.1, 0.15) is 12.8 Å². The second-order valence-corrected chi connectivity index (χ2v) is 5.99. The Morgan fingerprint density at radius 2 is 1.78 bits per heavy atom. The predicted molar refractivity (Wildman–Crippen MR) is 92.3 cm³/mol. The topological polar surface area (TPSA) is 52.6 Å². The highest BCUT2D eigenvalue weighted by Crippen LogP contribution is 2.23. The van der Waals surface area contributed by atoms with E-state index in [4.69, 9.17) is 5.11 Å². The van der Waals surface area contributed by atoms with Crippen molar-refractivity contribution in [3.63, 3.8) is 0 Å². The number of urea groups is 1. The second kappa shape index (κ2) is 7.29. The minimum Gasteiger partial charge on any atom is -0.396 e. The van der Waals surface area contributed by atoms with Gasteiger partial charge in [-0.25, -0.2) is 4.79 Å². The first-order chi connectivity index (χ1) is 11.3. The van der Waals surface area contributed by atoms with Gasteiger partial charge in [-0.05, 0) is 42.0 Å². The Bertz CT molecular complexity index is 640.